The minimum atomic E-state index is -0.606. The van der Waals surface area contributed by atoms with Crippen molar-refractivity contribution >= 4 is 90.4 Å². The van der Waals surface area contributed by atoms with Crippen molar-refractivity contribution in [2.24, 2.45) is 5.41 Å². The van der Waals surface area contributed by atoms with E-state index in [-0.39, 0.29) is 50.8 Å². The molecule has 0 aliphatic rings. The molecule has 16 aromatic rings. The summed E-state index contributed by atoms with van der Waals surface area (Å²) in [6, 6.07) is 77.3. The van der Waals surface area contributed by atoms with Crippen molar-refractivity contribution in [2.75, 3.05) is 40.4 Å². The number of rotatable bonds is 37. The summed E-state index contributed by atoms with van der Waals surface area (Å²) in [4.78, 5) is 119. The van der Waals surface area contributed by atoms with Gasteiger partial charge in [0.05, 0.1) is 58.5 Å². The Morgan fingerprint density at radius 3 is 0.836 bits per heavy atom. The zero-order valence-corrected chi connectivity index (χ0v) is 84.9. The summed E-state index contributed by atoms with van der Waals surface area (Å²) in [5.74, 6) is -2.91. The van der Waals surface area contributed by atoms with Crippen LogP contribution in [0.4, 0.5) is 17.6 Å². The van der Waals surface area contributed by atoms with Gasteiger partial charge >= 0.3 is 0 Å². The number of unbranched alkanes of at least 4 members (excludes halogenated alkanes) is 4. The van der Waals surface area contributed by atoms with Gasteiger partial charge in [0.25, 0.3) is 23.6 Å². The second-order valence-corrected chi connectivity index (χ2v) is 37.3. The lowest BCUT2D eigenvalue weighted by Crippen LogP contribution is -2.25. The van der Waals surface area contributed by atoms with Crippen LogP contribution in [0.3, 0.4) is 0 Å². The van der Waals surface area contributed by atoms with Crippen molar-refractivity contribution in [2.45, 2.75) is 166 Å². The molecule has 4 N–H and O–H groups in total. The number of carbonyl (C=O) groups excluding carboxylic acids is 8. The van der Waals surface area contributed by atoms with E-state index in [1.807, 2.05) is 244 Å². The van der Waals surface area contributed by atoms with Gasteiger partial charge in [0.15, 0.2) is 23.1 Å². The Balaban J connectivity index is 0.000000163. The first-order valence-electron chi connectivity index (χ1n) is 50.0. The minimum Gasteiger partial charge on any atom is -0.496 e. The largest absolute Gasteiger partial charge is 0.496 e. The number of hydrogen-bond acceptors (Lipinski definition) is 14. The number of hydrogen-bond donors (Lipinski definition) is 4. The summed E-state index contributed by atoms with van der Waals surface area (Å²) in [5, 5.41) is 14.4. The molecule has 4 aromatic heterocycles. The summed E-state index contributed by atoms with van der Waals surface area (Å²) in [5.41, 5.74) is 18.4. The number of methoxy groups -OCH3 is 2. The summed E-state index contributed by atoms with van der Waals surface area (Å²) >= 11 is 0. The number of ether oxygens (including phenoxy) is 2. The third-order valence-electron chi connectivity index (χ3n) is 25.5. The molecule has 22 heteroatoms. The molecular weight excluding hydrogens is 1840 g/mol. The third kappa shape index (κ3) is 27.4. The van der Waals surface area contributed by atoms with Gasteiger partial charge in [-0.05, 0) is 227 Å². The Kier molecular flexibility index (Phi) is 37.8. The highest BCUT2D eigenvalue weighted by Crippen LogP contribution is 2.42. The predicted molar refractivity (Wildman–Crippen MR) is 575 cm³/mol. The van der Waals surface area contributed by atoms with E-state index in [1.165, 1.54) is 48.5 Å². The third-order valence-corrected chi connectivity index (χ3v) is 25.5. The molecule has 0 aliphatic heterocycles. The lowest BCUT2D eigenvalue weighted by molar-refractivity contribution is 0.0931. The number of pyridine rings is 4. The number of benzene rings is 12. The van der Waals surface area contributed by atoms with E-state index in [9.17, 15) is 47.1 Å². The lowest BCUT2D eigenvalue weighted by Gasteiger charge is -2.20. The van der Waals surface area contributed by atoms with Crippen molar-refractivity contribution in [3.8, 4) is 56.0 Å². The van der Waals surface area contributed by atoms with Gasteiger partial charge in [0.2, 0.25) is 0 Å². The van der Waals surface area contributed by atoms with Crippen LogP contribution in [0.2, 0.25) is 0 Å². The maximum Gasteiger partial charge on any atom is 0.254 e. The number of nitrogens with zero attached hydrogens (tertiary/aromatic N) is 4. The smallest absolute Gasteiger partial charge is 0.254 e. The molecule has 146 heavy (non-hydrogen) atoms. The van der Waals surface area contributed by atoms with Gasteiger partial charge in [0.1, 0.15) is 34.8 Å². The van der Waals surface area contributed by atoms with Crippen LogP contribution in [0.25, 0.3) is 88.1 Å². The Bertz CT molecular complexity index is 7420. The van der Waals surface area contributed by atoms with Crippen molar-refractivity contribution in [3.63, 3.8) is 0 Å². The van der Waals surface area contributed by atoms with Crippen LogP contribution in [-0.4, -0.2) is 107 Å². The van der Waals surface area contributed by atoms with E-state index in [2.05, 4.69) is 41.2 Å². The van der Waals surface area contributed by atoms with Crippen molar-refractivity contribution < 1.29 is 65.4 Å². The van der Waals surface area contributed by atoms with Crippen LogP contribution in [0.5, 0.6) is 11.5 Å². The molecule has 12 aromatic carbocycles. The van der Waals surface area contributed by atoms with Crippen molar-refractivity contribution in [1.82, 2.24) is 41.2 Å². The molecule has 0 spiro atoms. The fraction of sp³-hybridized carbons (Fsp3) is 0.258. The van der Waals surface area contributed by atoms with E-state index in [1.54, 1.807) is 70.2 Å². The number of carbonyl (C=O) groups is 8. The topological polar surface area (TPSA) is 255 Å². The van der Waals surface area contributed by atoms with Gasteiger partial charge in [-0.3, -0.25) is 58.3 Å². The molecule has 0 saturated heterocycles. The van der Waals surface area contributed by atoms with Crippen molar-refractivity contribution in [3.05, 3.63) is 392 Å². The van der Waals surface area contributed by atoms with E-state index < -0.39 is 46.9 Å². The molecule has 0 atom stereocenters. The average molecular weight is 1960 g/mol. The molecule has 0 aliphatic carbocycles. The van der Waals surface area contributed by atoms with Crippen LogP contribution in [0.1, 0.15) is 267 Å². The fourth-order valence-electron chi connectivity index (χ4n) is 17.5. The number of aromatic nitrogens is 4. The van der Waals surface area contributed by atoms with Gasteiger partial charge in [-0.15, -0.1) is 0 Å². The Morgan fingerprint density at radius 2 is 0.555 bits per heavy atom. The second kappa shape index (κ2) is 51.4. The molecule has 0 saturated carbocycles. The van der Waals surface area contributed by atoms with E-state index in [0.29, 0.717) is 149 Å². The van der Waals surface area contributed by atoms with Crippen LogP contribution in [0, 0.1) is 28.7 Å². The zero-order valence-electron chi connectivity index (χ0n) is 84.9. The van der Waals surface area contributed by atoms with E-state index in [4.69, 9.17) is 9.47 Å². The van der Waals surface area contributed by atoms with Crippen LogP contribution in [0.15, 0.2) is 280 Å². The first kappa shape index (κ1) is 107. The molecule has 0 radical (unpaired) electrons. The predicted octanol–water partition coefficient (Wildman–Crippen LogP) is 27.7. The highest BCUT2D eigenvalue weighted by atomic mass is 19.1. The van der Waals surface area contributed by atoms with Gasteiger partial charge in [0, 0.05) is 137 Å². The van der Waals surface area contributed by atoms with Crippen LogP contribution >= 0.6 is 0 Å². The van der Waals surface area contributed by atoms with Gasteiger partial charge in [-0.25, -0.2) is 17.6 Å². The molecule has 0 bridgehead atoms. The minimum absolute atomic E-state index is 0.00102. The molecule has 18 nitrogen and oxygen atoms in total. The molecule has 0 unspecified atom stereocenters. The number of halogens is 4. The van der Waals surface area contributed by atoms with Crippen LogP contribution in [-0.2, 0) is 25.7 Å². The standard InChI is InChI=1S/C34H37FN2O3.C31H31FN2O3.C30H29FN2O2.C29H27FN2O2/c1-6-7-15-36-33(39)24-14-13-23(17-29(24)35)25-18-27-26(16-22-11-9-8-10-12-22)28(31(38)20-34(2,3)4)21-37-30(27)19-32(25)40-5;1-4-6-14-33-31(36)22-13-12-21(16-27(22)32)23-17-25-24(15-20-10-8-7-9-11-20)26(29(35)5-2)19-34-28(25)18-30(23)37-3;1-3-5-15-32-30(35)23-13-11-22(18-27(23)31)21-12-14-28-25(17-21)24(16-20-9-7-6-8-10-20)26(19-33-28)29(34)4-2;1-3-4-14-31-29(34)23-12-10-22(17-27(23)30)21-11-13-28-25(16-21)24(26(18-32-28)19(2)33)15-20-8-6-5-7-9-20/h8-14,17-19,21H,6-7,15-16,20H2,1-5H3,(H,36,39);7-13,16-19H,4-6,14-15H2,1-3H3,(H,33,36);6-14,17-19H,3-5,15-16H2,1-2H3,(H,32,35);5-13,16-18H,3-4,14-15H2,1-2H3,(H,31,34). The lowest BCUT2D eigenvalue weighted by atomic mass is 9.85. The van der Waals surface area contributed by atoms with Gasteiger partial charge in [-0.1, -0.05) is 246 Å². The Labute approximate surface area is 851 Å². The monoisotopic (exact) mass is 1960 g/mol. The van der Waals surface area contributed by atoms with E-state index >= 15 is 8.78 Å². The average Bonchev–Trinajstić information content (AvgIpc) is 0.767. The molecular formula is C124H124F4N8O10. The highest BCUT2D eigenvalue weighted by Gasteiger charge is 2.28. The normalized spacial score (nSPS) is 11.1. The molecule has 748 valence electrons. The number of fused-ring (bicyclic) bond motifs is 4. The maximum absolute atomic E-state index is 15.2. The zero-order chi connectivity index (χ0) is 104. The van der Waals surface area contributed by atoms with E-state index in [0.717, 1.165) is 140 Å². The summed E-state index contributed by atoms with van der Waals surface area (Å²) in [6.07, 6.45) is 17.2. The molecule has 16 rings (SSSR count). The van der Waals surface area contributed by atoms with Crippen LogP contribution < -0.4 is 30.7 Å². The number of ketones is 4. The quantitative estimate of drug-likeness (QED) is 0.0161. The molecule has 0 fully saturated rings. The number of nitrogens with one attached hydrogen (secondary N) is 4. The summed E-state index contributed by atoms with van der Waals surface area (Å²) in [6.45, 7) is 21.5. The number of Topliss-reactive ketones (excluding diaryl/α,β-unsaturated/α-hetero) is 4. The summed E-state index contributed by atoms with van der Waals surface area (Å²) < 4.78 is 71.3. The summed E-state index contributed by atoms with van der Waals surface area (Å²) in [7, 11) is 3.11. The first-order valence-corrected chi connectivity index (χ1v) is 50.0. The van der Waals surface area contributed by atoms with Crippen molar-refractivity contribution in [1.29, 1.82) is 0 Å². The molecule has 4 heterocycles. The second-order valence-electron chi connectivity index (χ2n) is 37.3. The SMILES string of the molecule is CCCCNC(=O)c1ccc(-c2cc3c(Cc4ccccc4)c(C(=O)CC(C)(C)C)cnc3cc2OC)cc1F.CCCCNC(=O)c1ccc(-c2cc3c(Cc4ccccc4)c(C(=O)CC)cnc3cc2OC)cc1F.CCCCNC(=O)c1ccc(-c2ccc3ncc(C(=O)CC)c(Cc4ccccc4)c3c2)cc1F.CCCCNC(=O)c1ccc(-c2ccc3ncc(C(C)=O)c(Cc4ccccc4)c3c2)cc1F. The Hall–Kier alpha value is -15.8. The Morgan fingerprint density at radius 1 is 0.295 bits per heavy atom. The number of amides is 4. The van der Waals surface area contributed by atoms with Gasteiger partial charge < -0.3 is 30.7 Å². The fourth-order valence-corrected chi connectivity index (χ4v) is 17.5. The maximum atomic E-state index is 15.2. The molecule has 4 amide bonds. The van der Waals surface area contributed by atoms with Gasteiger partial charge in [-0.2, -0.15) is 0 Å². The highest BCUT2D eigenvalue weighted by molar-refractivity contribution is 6.07. The first-order chi connectivity index (χ1) is 70.6.